The summed E-state index contributed by atoms with van der Waals surface area (Å²) in [5.41, 5.74) is 0.916. The molecule has 1 aromatic rings. The normalized spacial score (nSPS) is 24.6. The van der Waals surface area contributed by atoms with Gasteiger partial charge in [0.05, 0.1) is 13.3 Å². The topological polar surface area (TPSA) is 90.0 Å². The number of nitrogens with zero attached hydrogens (tertiary/aromatic N) is 1. The third-order valence-electron chi connectivity index (χ3n) is 4.82. The molecule has 2 aliphatic heterocycles. The molecule has 2 aliphatic rings. The average molecular weight is 365 g/mol. The van der Waals surface area contributed by atoms with E-state index in [4.69, 9.17) is 9.47 Å². The molecular weight excluding hydrogens is 334 g/mol. The summed E-state index contributed by atoms with van der Waals surface area (Å²) in [6.07, 6.45) is 1.99. The minimum atomic E-state index is -0.505. The van der Waals surface area contributed by atoms with Crippen molar-refractivity contribution in [3.63, 3.8) is 0 Å². The predicted molar refractivity (Wildman–Crippen MR) is 102 cm³/mol. The first-order valence-corrected chi connectivity index (χ1v) is 9.32. The number of hydrogen-bond acceptors (Lipinski definition) is 8. The first kappa shape index (κ1) is 19.2. The van der Waals surface area contributed by atoms with Crippen molar-refractivity contribution in [1.82, 2.24) is 20.9 Å². The van der Waals surface area contributed by atoms with Crippen LogP contribution in [0.1, 0.15) is 12.8 Å². The van der Waals surface area contributed by atoms with Crippen molar-refractivity contribution in [1.29, 1.82) is 0 Å². The molecule has 26 heavy (non-hydrogen) atoms. The summed E-state index contributed by atoms with van der Waals surface area (Å²) in [7, 11) is 3.57. The van der Waals surface area contributed by atoms with Gasteiger partial charge in [0.15, 0.2) is 11.5 Å². The quantitative estimate of drug-likeness (QED) is 0.417. The fourth-order valence-corrected chi connectivity index (χ4v) is 3.18. The Balaban J connectivity index is 1.56. The lowest BCUT2D eigenvalue weighted by atomic mass is 10.2. The molecule has 0 aliphatic carbocycles. The molecule has 3 rings (SSSR count). The number of aliphatic hydroxyl groups is 1. The van der Waals surface area contributed by atoms with Crippen LogP contribution in [-0.2, 0) is 0 Å². The van der Waals surface area contributed by atoms with Crippen LogP contribution in [0.25, 0.3) is 0 Å². The van der Waals surface area contributed by atoms with E-state index in [1.54, 1.807) is 7.11 Å². The van der Waals surface area contributed by atoms with Crippen molar-refractivity contribution >= 4 is 5.69 Å². The van der Waals surface area contributed by atoms with Gasteiger partial charge in [0.1, 0.15) is 19.0 Å². The predicted octanol–water partition coefficient (Wildman–Crippen LogP) is -0.0355. The average Bonchev–Trinajstić information content (AvgIpc) is 2.63. The summed E-state index contributed by atoms with van der Waals surface area (Å²) in [4.78, 5) is 2.22. The van der Waals surface area contributed by atoms with E-state index in [0.717, 1.165) is 31.7 Å². The summed E-state index contributed by atoms with van der Waals surface area (Å²) in [5, 5.41) is 23.6. The number of likely N-dealkylation sites (tertiary alicyclic amines) is 1. The molecule has 8 heteroatoms. The lowest BCUT2D eigenvalue weighted by Crippen LogP contribution is -2.61. The third kappa shape index (κ3) is 5.21. The summed E-state index contributed by atoms with van der Waals surface area (Å²) < 4.78 is 11.2. The van der Waals surface area contributed by atoms with E-state index in [-0.39, 0.29) is 19.1 Å². The second-order valence-corrected chi connectivity index (χ2v) is 6.81. The number of methoxy groups -OCH3 is 1. The maximum Gasteiger partial charge on any atom is 0.163 e. The summed E-state index contributed by atoms with van der Waals surface area (Å²) >= 11 is 0. The molecule has 0 amide bonds. The van der Waals surface area contributed by atoms with E-state index in [1.165, 1.54) is 6.42 Å². The molecular formula is C18H31N5O3. The van der Waals surface area contributed by atoms with Gasteiger partial charge in [0.25, 0.3) is 0 Å². The van der Waals surface area contributed by atoms with Gasteiger partial charge in [-0.3, -0.25) is 10.6 Å². The number of rotatable bonds is 9. The fraction of sp³-hybridized carbons (Fsp3) is 0.667. The lowest BCUT2D eigenvalue weighted by molar-refractivity contribution is 0.0460. The molecule has 146 valence electrons. The third-order valence-corrected chi connectivity index (χ3v) is 4.82. The van der Waals surface area contributed by atoms with Gasteiger partial charge in [-0.25, -0.2) is 0 Å². The van der Waals surface area contributed by atoms with Gasteiger partial charge in [0.2, 0.25) is 0 Å². The van der Waals surface area contributed by atoms with Crippen molar-refractivity contribution in [3.8, 4) is 11.5 Å². The number of hydrogen-bond donors (Lipinski definition) is 5. The summed E-state index contributed by atoms with van der Waals surface area (Å²) in [6.45, 7) is 3.96. The fourth-order valence-electron chi connectivity index (χ4n) is 3.18. The minimum Gasteiger partial charge on any atom is -0.493 e. The number of β-amino-alcohol motifs (C(OH)–C–C–N with tert-alkyl or cyclic N) is 1. The molecule has 0 radical (unpaired) electrons. The highest BCUT2D eigenvalue weighted by molar-refractivity contribution is 5.55. The zero-order valence-electron chi connectivity index (χ0n) is 15.6. The van der Waals surface area contributed by atoms with E-state index >= 15 is 0 Å². The molecule has 8 nitrogen and oxygen atoms in total. The van der Waals surface area contributed by atoms with Crippen molar-refractivity contribution in [3.05, 3.63) is 18.2 Å². The summed E-state index contributed by atoms with van der Waals surface area (Å²) in [6, 6.07) is 5.73. The van der Waals surface area contributed by atoms with Gasteiger partial charge in [0, 0.05) is 24.8 Å². The molecule has 2 fully saturated rings. The second-order valence-electron chi connectivity index (χ2n) is 6.81. The van der Waals surface area contributed by atoms with Crippen LogP contribution in [0.2, 0.25) is 0 Å². The van der Waals surface area contributed by atoms with E-state index in [1.807, 2.05) is 25.2 Å². The number of aliphatic hydroxyl groups excluding tert-OH is 1. The van der Waals surface area contributed by atoms with E-state index in [9.17, 15) is 5.11 Å². The Morgan fingerprint density at radius 2 is 2.19 bits per heavy atom. The smallest absolute Gasteiger partial charge is 0.163 e. The van der Waals surface area contributed by atoms with Crippen LogP contribution < -0.4 is 30.7 Å². The number of nitrogens with one attached hydrogen (secondary N) is 4. The molecule has 0 spiro atoms. The molecule has 0 aromatic heterocycles. The van der Waals surface area contributed by atoms with Crippen molar-refractivity contribution < 1.29 is 14.6 Å². The zero-order valence-corrected chi connectivity index (χ0v) is 15.6. The minimum absolute atomic E-state index is 0.0283. The maximum atomic E-state index is 10.1. The Bertz CT molecular complexity index is 570. The van der Waals surface area contributed by atoms with Crippen LogP contribution in [0.4, 0.5) is 5.69 Å². The van der Waals surface area contributed by atoms with Gasteiger partial charge in [-0.15, -0.1) is 0 Å². The molecule has 2 heterocycles. The van der Waals surface area contributed by atoms with Crippen LogP contribution in [0, 0.1) is 0 Å². The van der Waals surface area contributed by atoms with Crippen LogP contribution in [0.15, 0.2) is 18.2 Å². The SMILES string of the molecule is CNC1CCNC(Nc2ccc(OC)c(OC[C@@H](O)CN3CCC3)c2)N1. The molecule has 0 saturated carbocycles. The monoisotopic (exact) mass is 365 g/mol. The number of ether oxygens (including phenoxy) is 2. The maximum absolute atomic E-state index is 10.1. The van der Waals surface area contributed by atoms with Crippen molar-refractivity contribution in [2.75, 3.05) is 52.3 Å². The molecule has 2 saturated heterocycles. The van der Waals surface area contributed by atoms with Gasteiger partial charge in [-0.2, -0.15) is 0 Å². The highest BCUT2D eigenvalue weighted by Gasteiger charge is 2.20. The Labute approximate surface area is 155 Å². The van der Waals surface area contributed by atoms with E-state index in [0.29, 0.717) is 18.0 Å². The first-order valence-electron chi connectivity index (χ1n) is 9.32. The Morgan fingerprint density at radius 1 is 1.35 bits per heavy atom. The van der Waals surface area contributed by atoms with Crippen molar-refractivity contribution in [2.24, 2.45) is 0 Å². The number of anilines is 1. The molecule has 1 aromatic carbocycles. The lowest BCUT2D eigenvalue weighted by Gasteiger charge is -2.33. The highest BCUT2D eigenvalue weighted by Crippen LogP contribution is 2.30. The second kappa shape index (κ2) is 9.38. The highest BCUT2D eigenvalue weighted by atomic mass is 16.5. The van der Waals surface area contributed by atoms with Gasteiger partial charge < -0.3 is 30.1 Å². The van der Waals surface area contributed by atoms with Crippen LogP contribution in [0.3, 0.4) is 0 Å². The zero-order chi connectivity index (χ0) is 18.4. The molecule has 3 atom stereocenters. The molecule has 2 unspecified atom stereocenters. The van der Waals surface area contributed by atoms with E-state index < -0.39 is 6.10 Å². The number of benzene rings is 1. The van der Waals surface area contributed by atoms with E-state index in [2.05, 4.69) is 26.2 Å². The first-order chi connectivity index (χ1) is 12.7. The Hall–Kier alpha value is -1.58. The largest absolute Gasteiger partial charge is 0.493 e. The van der Waals surface area contributed by atoms with Crippen molar-refractivity contribution in [2.45, 2.75) is 31.4 Å². The molecule has 0 bridgehead atoms. The van der Waals surface area contributed by atoms with Gasteiger partial charge in [-0.05, 0) is 45.1 Å². The molecule has 5 N–H and O–H groups in total. The Kier molecular flexibility index (Phi) is 6.93. The van der Waals surface area contributed by atoms with Gasteiger partial charge in [-0.1, -0.05) is 0 Å². The standard InChI is InChI=1S/C18H31N5O3/c1-19-17-6-7-20-18(22-17)21-13-4-5-15(25-2)16(10-13)26-12-14(24)11-23-8-3-9-23/h4-5,10,14,17-22,24H,3,6-9,11-12H2,1-2H3/t14-,17?,18?/m0/s1. The van der Waals surface area contributed by atoms with Gasteiger partial charge >= 0.3 is 0 Å². The summed E-state index contributed by atoms with van der Waals surface area (Å²) in [5.74, 6) is 1.28. The van der Waals surface area contributed by atoms with Crippen LogP contribution >= 0.6 is 0 Å². The van der Waals surface area contributed by atoms with Crippen LogP contribution in [-0.4, -0.2) is 75.5 Å². The Morgan fingerprint density at radius 3 is 2.88 bits per heavy atom. The van der Waals surface area contributed by atoms with Crippen LogP contribution in [0.5, 0.6) is 11.5 Å².